The van der Waals surface area contributed by atoms with E-state index < -0.39 is 0 Å². The van der Waals surface area contributed by atoms with Crippen molar-refractivity contribution in [1.82, 2.24) is 10.6 Å². The van der Waals surface area contributed by atoms with Crippen LogP contribution in [0.5, 0.6) is 0 Å². The zero-order valence-electron chi connectivity index (χ0n) is 10.9. The molecule has 2 N–H and O–H groups in total. The van der Waals surface area contributed by atoms with Gasteiger partial charge < -0.3 is 10.6 Å². The van der Waals surface area contributed by atoms with Crippen LogP contribution in [0, 0.1) is 5.82 Å². The summed E-state index contributed by atoms with van der Waals surface area (Å²) in [5.74, 6) is -0.0896. The van der Waals surface area contributed by atoms with Crippen molar-refractivity contribution < 1.29 is 4.39 Å². The number of hydrogen-bond donors (Lipinski definition) is 2. The van der Waals surface area contributed by atoms with Crippen molar-refractivity contribution >= 4 is 0 Å². The van der Waals surface area contributed by atoms with Crippen LogP contribution in [-0.2, 0) is 6.42 Å². The average Bonchev–Trinajstić information content (AvgIpc) is 2.42. The van der Waals surface area contributed by atoms with Crippen LogP contribution in [-0.4, -0.2) is 25.7 Å². The summed E-state index contributed by atoms with van der Waals surface area (Å²) in [7, 11) is 0. The van der Waals surface area contributed by atoms with Crippen LogP contribution in [0.4, 0.5) is 4.39 Å². The van der Waals surface area contributed by atoms with E-state index in [0.29, 0.717) is 6.04 Å². The summed E-state index contributed by atoms with van der Waals surface area (Å²) < 4.78 is 13.4. The normalized spacial score (nSPS) is 19.9. The molecule has 1 aliphatic heterocycles. The van der Waals surface area contributed by atoms with Crippen molar-refractivity contribution in [3.8, 4) is 0 Å². The fourth-order valence-electron chi connectivity index (χ4n) is 2.50. The molecule has 18 heavy (non-hydrogen) atoms. The maximum atomic E-state index is 13.4. The predicted octanol–water partition coefficient (Wildman–Crippen LogP) is 2.49. The zero-order chi connectivity index (χ0) is 12.6. The van der Waals surface area contributed by atoms with Gasteiger partial charge in [0.25, 0.3) is 0 Å². The van der Waals surface area contributed by atoms with Gasteiger partial charge in [-0.15, -0.1) is 0 Å². The Morgan fingerprint density at radius 1 is 1.22 bits per heavy atom. The zero-order valence-corrected chi connectivity index (χ0v) is 10.9. The summed E-state index contributed by atoms with van der Waals surface area (Å²) in [6.45, 7) is 3.04. The first-order chi connectivity index (χ1) is 8.86. The number of benzene rings is 1. The first-order valence-electron chi connectivity index (χ1n) is 7.04. The van der Waals surface area contributed by atoms with Crippen LogP contribution < -0.4 is 10.6 Å². The summed E-state index contributed by atoms with van der Waals surface area (Å²) in [4.78, 5) is 0. The lowest BCUT2D eigenvalue weighted by Gasteiger charge is -2.23. The molecule has 1 saturated heterocycles. The van der Waals surface area contributed by atoms with Gasteiger partial charge in [-0.3, -0.25) is 0 Å². The Kier molecular flexibility index (Phi) is 5.62. The maximum absolute atomic E-state index is 13.4. The lowest BCUT2D eigenvalue weighted by Crippen LogP contribution is -2.36. The molecule has 0 aliphatic carbocycles. The van der Waals surface area contributed by atoms with E-state index in [1.165, 1.54) is 38.3 Å². The molecule has 1 unspecified atom stereocenters. The van der Waals surface area contributed by atoms with Gasteiger partial charge >= 0.3 is 0 Å². The van der Waals surface area contributed by atoms with Crippen molar-refractivity contribution in [3.63, 3.8) is 0 Å². The highest BCUT2D eigenvalue weighted by Gasteiger charge is 2.11. The van der Waals surface area contributed by atoms with Gasteiger partial charge in [0.1, 0.15) is 5.82 Å². The van der Waals surface area contributed by atoms with E-state index in [2.05, 4.69) is 10.6 Å². The Morgan fingerprint density at radius 2 is 2.11 bits per heavy atom. The Labute approximate surface area is 109 Å². The molecule has 0 spiro atoms. The molecule has 1 atom stereocenters. The molecule has 0 bridgehead atoms. The van der Waals surface area contributed by atoms with E-state index in [0.717, 1.165) is 25.1 Å². The number of rotatable bonds is 6. The van der Waals surface area contributed by atoms with E-state index >= 15 is 0 Å². The Balaban J connectivity index is 1.57. The second-order valence-corrected chi connectivity index (χ2v) is 5.03. The summed E-state index contributed by atoms with van der Waals surface area (Å²) >= 11 is 0. The summed E-state index contributed by atoms with van der Waals surface area (Å²) in [5.41, 5.74) is 0.806. The topological polar surface area (TPSA) is 24.1 Å². The van der Waals surface area contributed by atoms with Crippen LogP contribution in [0.1, 0.15) is 31.2 Å². The minimum absolute atomic E-state index is 0.0896. The van der Waals surface area contributed by atoms with Gasteiger partial charge in [-0.1, -0.05) is 24.6 Å². The van der Waals surface area contributed by atoms with Gasteiger partial charge in [-0.25, -0.2) is 4.39 Å². The second kappa shape index (κ2) is 7.49. The van der Waals surface area contributed by atoms with Gasteiger partial charge in [0.15, 0.2) is 0 Å². The van der Waals surface area contributed by atoms with Crippen LogP contribution in [0.2, 0.25) is 0 Å². The number of halogens is 1. The minimum Gasteiger partial charge on any atom is -0.316 e. The molecule has 1 fully saturated rings. The van der Waals surface area contributed by atoms with Crippen LogP contribution >= 0.6 is 0 Å². The summed E-state index contributed by atoms with van der Waals surface area (Å²) in [6.07, 6.45) is 5.92. The monoisotopic (exact) mass is 250 g/mol. The number of piperidine rings is 1. The average molecular weight is 250 g/mol. The van der Waals surface area contributed by atoms with Gasteiger partial charge in [0.05, 0.1) is 0 Å². The maximum Gasteiger partial charge on any atom is 0.126 e. The van der Waals surface area contributed by atoms with Gasteiger partial charge in [0.2, 0.25) is 0 Å². The lowest BCUT2D eigenvalue weighted by molar-refractivity contribution is 0.376. The predicted molar refractivity (Wildman–Crippen MR) is 73.2 cm³/mol. The molecular weight excluding hydrogens is 227 g/mol. The van der Waals surface area contributed by atoms with E-state index in [9.17, 15) is 4.39 Å². The lowest BCUT2D eigenvalue weighted by atomic mass is 10.0. The minimum atomic E-state index is -0.0896. The second-order valence-electron chi connectivity index (χ2n) is 5.03. The molecule has 0 amide bonds. The highest BCUT2D eigenvalue weighted by Crippen LogP contribution is 2.09. The van der Waals surface area contributed by atoms with Crippen LogP contribution in [0.15, 0.2) is 24.3 Å². The van der Waals surface area contributed by atoms with Crippen LogP contribution in [0.3, 0.4) is 0 Å². The molecule has 1 aliphatic rings. The molecule has 2 nitrogen and oxygen atoms in total. The largest absolute Gasteiger partial charge is 0.316 e. The van der Waals surface area contributed by atoms with E-state index in [-0.39, 0.29) is 5.82 Å². The Hall–Kier alpha value is -0.930. The summed E-state index contributed by atoms with van der Waals surface area (Å²) in [6, 6.07) is 7.70. The fraction of sp³-hybridized carbons (Fsp3) is 0.600. The smallest absolute Gasteiger partial charge is 0.126 e. The third kappa shape index (κ3) is 4.39. The fourth-order valence-corrected chi connectivity index (χ4v) is 2.50. The van der Waals surface area contributed by atoms with Crippen molar-refractivity contribution in [1.29, 1.82) is 0 Å². The Morgan fingerprint density at radius 3 is 2.89 bits per heavy atom. The van der Waals surface area contributed by atoms with Crippen LogP contribution in [0.25, 0.3) is 0 Å². The molecule has 1 aromatic carbocycles. The highest BCUT2D eigenvalue weighted by atomic mass is 19.1. The third-order valence-electron chi connectivity index (χ3n) is 3.61. The van der Waals surface area contributed by atoms with E-state index in [4.69, 9.17) is 0 Å². The Bertz CT molecular complexity index is 348. The van der Waals surface area contributed by atoms with E-state index in [1.807, 2.05) is 12.1 Å². The third-order valence-corrected chi connectivity index (χ3v) is 3.61. The molecular formula is C15H23FN2. The first-order valence-corrected chi connectivity index (χ1v) is 7.04. The molecule has 0 radical (unpaired) electrons. The molecule has 3 heteroatoms. The molecule has 1 heterocycles. The molecule has 100 valence electrons. The molecule has 1 aromatic rings. The standard InChI is InChI=1S/C15H23FN2/c16-15-7-2-1-5-13(15)8-11-17-12-9-14-6-3-4-10-18-14/h1-2,5,7,14,17-18H,3-4,6,8-12H2. The summed E-state index contributed by atoms with van der Waals surface area (Å²) in [5, 5.41) is 6.94. The number of nitrogens with one attached hydrogen (secondary N) is 2. The molecule has 2 rings (SSSR count). The first kappa shape index (κ1) is 13.5. The highest BCUT2D eigenvalue weighted by molar-refractivity contribution is 5.17. The van der Waals surface area contributed by atoms with Gasteiger partial charge in [0, 0.05) is 6.04 Å². The van der Waals surface area contributed by atoms with Gasteiger partial charge in [-0.2, -0.15) is 0 Å². The van der Waals surface area contributed by atoms with Gasteiger partial charge in [-0.05, 0) is 56.9 Å². The molecule has 0 aromatic heterocycles. The van der Waals surface area contributed by atoms with E-state index in [1.54, 1.807) is 6.07 Å². The quantitative estimate of drug-likeness (QED) is 0.758. The van der Waals surface area contributed by atoms with Crippen molar-refractivity contribution in [2.45, 2.75) is 38.1 Å². The SMILES string of the molecule is Fc1ccccc1CCNCCC1CCCCN1. The number of hydrogen-bond acceptors (Lipinski definition) is 2. The van der Waals surface area contributed by atoms with Crippen molar-refractivity contribution in [3.05, 3.63) is 35.6 Å². The van der Waals surface area contributed by atoms with Crippen molar-refractivity contribution in [2.75, 3.05) is 19.6 Å². The van der Waals surface area contributed by atoms with Crippen molar-refractivity contribution in [2.24, 2.45) is 0 Å². The molecule has 0 saturated carbocycles.